The van der Waals surface area contributed by atoms with Crippen LogP contribution in [0.1, 0.15) is 6.92 Å². The summed E-state index contributed by atoms with van der Waals surface area (Å²) in [5, 5.41) is 21.7. The van der Waals surface area contributed by atoms with Gasteiger partial charge in [0.05, 0.1) is 13.1 Å². The van der Waals surface area contributed by atoms with Crippen LogP contribution >= 0.6 is 11.6 Å². The fourth-order valence-electron chi connectivity index (χ4n) is 1.89. The van der Waals surface area contributed by atoms with Crippen LogP contribution in [0.4, 0.5) is 5.69 Å². The number of carbonyl (C=O) groups is 1. The van der Waals surface area contributed by atoms with Crippen LogP contribution < -0.4 is 15.4 Å². The number of benzene rings is 2. The van der Waals surface area contributed by atoms with Crippen molar-refractivity contribution in [2.75, 3.05) is 18.4 Å². The third kappa shape index (κ3) is 9.22. The molecule has 6 nitrogen and oxygen atoms in total. The smallest absolute Gasteiger partial charge is 0.290 e. The lowest BCUT2D eigenvalue weighted by atomic mass is 10.3. The molecule has 0 aromatic heterocycles. The summed E-state index contributed by atoms with van der Waals surface area (Å²) in [6.07, 6.45) is -0.0597. The second-order valence-electron chi connectivity index (χ2n) is 5.07. The summed E-state index contributed by atoms with van der Waals surface area (Å²) in [7, 11) is 0. The summed E-state index contributed by atoms with van der Waals surface area (Å²) in [6.45, 7) is 2.71. The van der Waals surface area contributed by atoms with Gasteiger partial charge in [0.2, 0.25) is 0 Å². The lowest BCUT2D eigenvalue weighted by Gasteiger charge is -2.17. The number of ether oxygens (including phenoxy) is 1. The van der Waals surface area contributed by atoms with E-state index in [2.05, 4.69) is 10.6 Å². The van der Waals surface area contributed by atoms with Crippen molar-refractivity contribution in [3.05, 3.63) is 59.6 Å². The molecule has 0 amide bonds. The molecule has 0 spiro atoms. The van der Waals surface area contributed by atoms with Crippen molar-refractivity contribution in [3.8, 4) is 5.75 Å². The molecule has 0 saturated heterocycles. The van der Waals surface area contributed by atoms with Crippen LogP contribution in [0.2, 0.25) is 5.02 Å². The first kappa shape index (κ1) is 20.3. The summed E-state index contributed by atoms with van der Waals surface area (Å²) in [5.74, 6) is 1.15. The molecule has 0 radical (unpaired) electrons. The van der Waals surface area contributed by atoms with Gasteiger partial charge in [-0.3, -0.25) is 10.2 Å². The third-order valence-corrected chi connectivity index (χ3v) is 3.21. The van der Waals surface area contributed by atoms with E-state index in [4.69, 9.17) is 31.6 Å². The highest BCUT2D eigenvalue weighted by Crippen LogP contribution is 2.18. The topological polar surface area (TPSA) is 94.4 Å². The second kappa shape index (κ2) is 11.8. The van der Waals surface area contributed by atoms with Gasteiger partial charge in [-0.1, -0.05) is 35.9 Å². The molecule has 0 aliphatic heterocycles. The normalized spacial score (nSPS) is 10.6. The van der Waals surface area contributed by atoms with Gasteiger partial charge in [-0.25, -0.2) is 0 Å². The monoisotopic (exact) mass is 363 g/mol. The highest BCUT2D eigenvalue weighted by Gasteiger charge is 2.05. The van der Waals surface area contributed by atoms with Crippen molar-refractivity contribution in [1.29, 1.82) is 5.41 Å². The Morgan fingerprint density at radius 2 is 1.96 bits per heavy atom. The maximum atomic E-state index is 8.36. The zero-order valence-electron chi connectivity index (χ0n) is 13.9. The summed E-state index contributed by atoms with van der Waals surface area (Å²) in [5.41, 5.74) is 0.997. The maximum Gasteiger partial charge on any atom is 0.290 e. The van der Waals surface area contributed by atoms with Crippen LogP contribution in [0.15, 0.2) is 54.6 Å². The van der Waals surface area contributed by atoms with E-state index in [1.54, 1.807) is 6.07 Å². The Morgan fingerprint density at radius 1 is 1.28 bits per heavy atom. The highest BCUT2D eigenvalue weighted by atomic mass is 35.5. The van der Waals surface area contributed by atoms with Gasteiger partial charge in [-0.05, 0) is 37.3 Å². The predicted molar refractivity (Wildman–Crippen MR) is 101 cm³/mol. The number of rotatable bonds is 7. The van der Waals surface area contributed by atoms with E-state index < -0.39 is 0 Å². The van der Waals surface area contributed by atoms with Crippen molar-refractivity contribution in [2.24, 2.45) is 0 Å². The third-order valence-electron chi connectivity index (χ3n) is 2.98. The van der Waals surface area contributed by atoms with Crippen LogP contribution in [0.3, 0.4) is 0 Å². The molecule has 1 unspecified atom stereocenters. The molecule has 4 N–H and O–H groups in total. The average molecular weight is 364 g/mol. The van der Waals surface area contributed by atoms with E-state index in [0.29, 0.717) is 23.9 Å². The molecule has 25 heavy (non-hydrogen) atoms. The minimum absolute atomic E-state index is 0.0597. The van der Waals surface area contributed by atoms with Gasteiger partial charge in [0.1, 0.15) is 17.7 Å². The van der Waals surface area contributed by atoms with Gasteiger partial charge in [-0.2, -0.15) is 0 Å². The molecule has 1 atom stereocenters. The van der Waals surface area contributed by atoms with Gasteiger partial charge < -0.3 is 20.5 Å². The molecular weight excluding hydrogens is 342 g/mol. The summed E-state index contributed by atoms with van der Waals surface area (Å²) >= 11 is 5.92. The average Bonchev–Trinajstić information content (AvgIpc) is 2.60. The molecular formula is C18H22ClN3O3. The van der Waals surface area contributed by atoms with E-state index in [1.165, 1.54) is 0 Å². The Hall–Kier alpha value is -2.73. The Labute approximate surface area is 152 Å². The fourth-order valence-corrected chi connectivity index (χ4v) is 2.07. The molecule has 0 aliphatic rings. The van der Waals surface area contributed by atoms with Gasteiger partial charge in [0.15, 0.2) is 0 Å². The van der Waals surface area contributed by atoms with Crippen LogP contribution in [0.5, 0.6) is 5.75 Å². The zero-order valence-corrected chi connectivity index (χ0v) is 14.7. The van der Waals surface area contributed by atoms with Crippen molar-refractivity contribution in [2.45, 2.75) is 13.0 Å². The Balaban J connectivity index is 0.000000970. The number of anilines is 1. The van der Waals surface area contributed by atoms with Crippen molar-refractivity contribution < 1.29 is 14.6 Å². The molecule has 0 bridgehead atoms. The van der Waals surface area contributed by atoms with Crippen LogP contribution in [0, 0.1) is 5.41 Å². The minimum Gasteiger partial charge on any atom is -0.489 e. The van der Waals surface area contributed by atoms with Crippen LogP contribution in [0.25, 0.3) is 0 Å². The van der Waals surface area contributed by atoms with E-state index in [0.717, 1.165) is 11.4 Å². The molecule has 2 aromatic rings. The Morgan fingerprint density at radius 3 is 2.60 bits per heavy atom. The number of para-hydroxylation sites is 1. The lowest BCUT2D eigenvalue weighted by molar-refractivity contribution is -0.122. The van der Waals surface area contributed by atoms with Gasteiger partial charge in [0, 0.05) is 10.7 Å². The number of amidine groups is 1. The predicted octanol–water partition coefficient (Wildman–Crippen LogP) is 3.49. The molecule has 0 heterocycles. The molecule has 7 heteroatoms. The number of carboxylic acid groups (broad SMARTS) is 1. The van der Waals surface area contributed by atoms with Gasteiger partial charge >= 0.3 is 0 Å². The standard InChI is InChI=1S/C17H20ClN3O.CH2O2/c1-13(22-16-9-5-6-14(18)10-16)11-21-17(19)12-20-15-7-3-2-4-8-15;2-1-3/h2-10,13,20H,11-12H2,1H3,(H2,19,21);1H,(H,2,3). The highest BCUT2D eigenvalue weighted by molar-refractivity contribution is 6.30. The Bertz CT molecular complexity index is 653. The first-order valence-corrected chi connectivity index (χ1v) is 8.03. The van der Waals surface area contributed by atoms with Gasteiger partial charge in [0.25, 0.3) is 6.47 Å². The van der Waals surface area contributed by atoms with Crippen LogP contribution in [-0.4, -0.2) is 36.6 Å². The summed E-state index contributed by atoms with van der Waals surface area (Å²) in [6, 6.07) is 17.1. The summed E-state index contributed by atoms with van der Waals surface area (Å²) < 4.78 is 5.74. The second-order valence-corrected chi connectivity index (χ2v) is 5.51. The molecule has 0 aliphatic carbocycles. The van der Waals surface area contributed by atoms with Crippen molar-refractivity contribution in [3.63, 3.8) is 0 Å². The van der Waals surface area contributed by atoms with Gasteiger partial charge in [-0.15, -0.1) is 0 Å². The van der Waals surface area contributed by atoms with E-state index in [1.807, 2.05) is 55.5 Å². The fraction of sp³-hybridized carbons (Fsp3) is 0.222. The first-order valence-electron chi connectivity index (χ1n) is 7.65. The van der Waals surface area contributed by atoms with E-state index in [-0.39, 0.29) is 12.6 Å². The quantitative estimate of drug-likeness (QED) is 0.343. The summed E-state index contributed by atoms with van der Waals surface area (Å²) in [4.78, 5) is 8.36. The largest absolute Gasteiger partial charge is 0.489 e. The lowest BCUT2D eigenvalue weighted by Crippen LogP contribution is -2.36. The first-order chi connectivity index (χ1) is 12.0. The molecule has 134 valence electrons. The van der Waals surface area contributed by atoms with Crippen molar-refractivity contribution in [1.82, 2.24) is 5.32 Å². The molecule has 0 fully saturated rings. The maximum absolute atomic E-state index is 8.36. The SMILES string of the molecule is CC(CNC(=N)CNc1ccccc1)Oc1cccc(Cl)c1.O=CO. The van der Waals surface area contributed by atoms with Crippen molar-refractivity contribution >= 4 is 29.6 Å². The molecule has 2 aromatic carbocycles. The molecule has 0 saturated carbocycles. The number of hydrogen-bond acceptors (Lipinski definition) is 4. The van der Waals surface area contributed by atoms with E-state index >= 15 is 0 Å². The molecule has 2 rings (SSSR count). The Kier molecular flexibility index (Phi) is 9.55. The number of halogens is 1. The minimum atomic E-state index is -0.250. The number of nitrogens with one attached hydrogen (secondary N) is 3. The zero-order chi connectivity index (χ0) is 18.5. The number of hydrogen-bond donors (Lipinski definition) is 4. The van der Waals surface area contributed by atoms with E-state index in [9.17, 15) is 0 Å². The van der Waals surface area contributed by atoms with Crippen LogP contribution in [-0.2, 0) is 4.79 Å².